The van der Waals surface area contributed by atoms with Crippen LogP contribution in [0.2, 0.25) is 0 Å². The lowest BCUT2D eigenvalue weighted by molar-refractivity contribution is 0.0242. The van der Waals surface area contributed by atoms with Gasteiger partial charge in [-0.15, -0.1) is 0 Å². The highest BCUT2D eigenvalue weighted by Crippen LogP contribution is 2.49. The quantitative estimate of drug-likeness (QED) is 0.105. The standard InChI is InChI=1S/C56H32O12/c57-49-41-9-1-2-10-42(41)50(58)64-38-27-19-34(20-28-38)56(48-16-8-6-14-46(48)54(62)68-56)36-23-31-40(32-24-36)66-52(60)44-12-4-3-11-43(44)51(59)65-39-29-21-35(22-30-39)55(33-17-25-37(63-49)26-18-33)47-15-7-5-13-45(47)53(61)67-55/h1-32H. The minimum Gasteiger partial charge on any atom is -0.441 e. The molecule has 9 aliphatic heterocycles. The van der Waals surface area contributed by atoms with E-state index in [1.165, 1.54) is 24.3 Å². The molecule has 0 N–H and O–H groups in total. The van der Waals surface area contributed by atoms with Gasteiger partial charge >= 0.3 is 35.8 Å². The lowest BCUT2D eigenvalue weighted by atomic mass is 9.80. The predicted octanol–water partition coefficient (Wildman–Crippen LogP) is 9.80. The second-order valence-electron chi connectivity index (χ2n) is 16.0. The number of carbonyl (C=O) groups excluding carboxylic acids is 6. The second kappa shape index (κ2) is 16.2. The molecule has 0 unspecified atom stereocenters. The van der Waals surface area contributed by atoms with E-state index in [-0.39, 0.29) is 45.3 Å². The maximum absolute atomic E-state index is 13.8. The number of hydrogen-bond acceptors (Lipinski definition) is 12. The fourth-order valence-corrected chi connectivity index (χ4v) is 8.98. The number of hydrogen-bond donors (Lipinski definition) is 0. The van der Waals surface area contributed by atoms with Crippen LogP contribution in [0.15, 0.2) is 194 Å². The van der Waals surface area contributed by atoms with Crippen LogP contribution < -0.4 is 18.9 Å². The first-order valence-electron chi connectivity index (χ1n) is 21.3. The summed E-state index contributed by atoms with van der Waals surface area (Å²) in [5.74, 6) is -3.90. The molecule has 8 aromatic carbocycles. The van der Waals surface area contributed by atoms with Crippen LogP contribution in [0.3, 0.4) is 0 Å². The maximum Gasteiger partial charge on any atom is 0.344 e. The normalized spacial score (nSPS) is 18.4. The highest BCUT2D eigenvalue weighted by atomic mass is 16.6. The van der Waals surface area contributed by atoms with Crippen molar-refractivity contribution in [3.63, 3.8) is 0 Å². The van der Waals surface area contributed by atoms with E-state index in [1.54, 1.807) is 170 Å². The minimum absolute atomic E-state index is 0.0557. The summed E-state index contributed by atoms with van der Waals surface area (Å²) >= 11 is 0. The van der Waals surface area contributed by atoms with E-state index in [0.717, 1.165) is 0 Å². The van der Waals surface area contributed by atoms with E-state index in [4.69, 9.17) is 28.4 Å². The molecule has 0 aliphatic carbocycles. The predicted molar refractivity (Wildman–Crippen MR) is 242 cm³/mol. The Kier molecular flexibility index (Phi) is 9.85. The molecule has 0 radical (unpaired) electrons. The number of rotatable bonds is 0. The highest BCUT2D eigenvalue weighted by molar-refractivity contribution is 6.05. The summed E-state index contributed by atoms with van der Waals surface area (Å²) < 4.78 is 35.6. The summed E-state index contributed by atoms with van der Waals surface area (Å²) in [7, 11) is 0. The van der Waals surface area contributed by atoms with Crippen LogP contribution in [0.4, 0.5) is 0 Å². The Morgan fingerprint density at radius 1 is 0.235 bits per heavy atom. The molecular weight excluding hydrogens is 865 g/mol. The van der Waals surface area contributed by atoms with Crippen molar-refractivity contribution in [1.29, 1.82) is 0 Å². The Morgan fingerprint density at radius 2 is 0.456 bits per heavy atom. The van der Waals surface area contributed by atoms with Crippen LogP contribution in [0.5, 0.6) is 23.0 Å². The van der Waals surface area contributed by atoms with E-state index in [0.29, 0.717) is 44.5 Å². The van der Waals surface area contributed by atoms with Crippen molar-refractivity contribution in [2.75, 3.05) is 0 Å². The second-order valence-corrected chi connectivity index (χ2v) is 16.0. The first-order chi connectivity index (χ1) is 33.1. The highest BCUT2D eigenvalue weighted by Gasteiger charge is 2.50. The lowest BCUT2D eigenvalue weighted by Crippen LogP contribution is -2.29. The molecule has 2 spiro atoms. The zero-order valence-electron chi connectivity index (χ0n) is 35.4. The molecule has 0 amide bonds. The molecule has 8 aromatic rings. The molecule has 12 heteroatoms. The Balaban J connectivity index is 1.00. The topological polar surface area (TPSA) is 158 Å². The van der Waals surface area contributed by atoms with Gasteiger partial charge in [0.05, 0.1) is 33.4 Å². The van der Waals surface area contributed by atoms with Gasteiger partial charge in [-0.05, 0) is 84.9 Å². The van der Waals surface area contributed by atoms with E-state index < -0.39 is 47.0 Å². The summed E-state index contributed by atoms with van der Waals surface area (Å²) in [5, 5.41) is 0. The SMILES string of the molecule is O=C1Oc2ccc(cc2)C2(OC(=O)c3ccccc32)c2ccc(cc2)OC(=O)c2ccccc2C(=O)Oc2ccc(cc2)C2(OC(=O)c3ccccc32)c2ccc(cc2)OC(=O)c2ccccc21. The van der Waals surface area contributed by atoms with Crippen LogP contribution in [0.25, 0.3) is 0 Å². The zero-order chi connectivity index (χ0) is 46.6. The van der Waals surface area contributed by atoms with Crippen LogP contribution in [0.1, 0.15) is 95.5 Å². The lowest BCUT2D eigenvalue weighted by Gasteiger charge is -2.30. The van der Waals surface area contributed by atoms with Gasteiger partial charge in [0.2, 0.25) is 0 Å². The molecular formula is C56H32O12. The largest absolute Gasteiger partial charge is 0.441 e. The molecule has 68 heavy (non-hydrogen) atoms. The number of ether oxygens (including phenoxy) is 6. The summed E-state index contributed by atoms with van der Waals surface area (Å²) in [6.45, 7) is 0. The minimum atomic E-state index is -1.46. The Hall–Kier alpha value is -9.42. The Bertz CT molecular complexity index is 3000. The Labute approximate surface area is 386 Å². The van der Waals surface area contributed by atoms with Crippen molar-refractivity contribution in [3.8, 4) is 23.0 Å². The molecule has 0 saturated heterocycles. The van der Waals surface area contributed by atoms with Crippen molar-refractivity contribution < 1.29 is 57.2 Å². The van der Waals surface area contributed by atoms with Gasteiger partial charge in [0, 0.05) is 33.4 Å². The molecule has 12 nitrogen and oxygen atoms in total. The maximum atomic E-state index is 13.8. The fraction of sp³-hybridized carbons (Fsp3) is 0.0357. The molecule has 8 bridgehead atoms. The average Bonchev–Trinajstić information content (AvgIpc) is 3.85. The molecule has 9 heterocycles. The van der Waals surface area contributed by atoms with Crippen molar-refractivity contribution in [2.24, 2.45) is 0 Å². The van der Waals surface area contributed by atoms with E-state index in [1.807, 2.05) is 0 Å². The van der Waals surface area contributed by atoms with Crippen LogP contribution in [-0.4, -0.2) is 35.8 Å². The Morgan fingerprint density at radius 3 is 0.706 bits per heavy atom. The number of carbonyl (C=O) groups is 6. The third-order valence-corrected chi connectivity index (χ3v) is 12.2. The monoisotopic (exact) mass is 896 g/mol. The van der Waals surface area contributed by atoms with Crippen molar-refractivity contribution in [2.45, 2.75) is 11.2 Å². The van der Waals surface area contributed by atoms with E-state index in [9.17, 15) is 28.8 Å². The van der Waals surface area contributed by atoms with Crippen molar-refractivity contribution in [1.82, 2.24) is 0 Å². The summed E-state index contributed by atoms with van der Waals surface area (Å²) in [6.07, 6.45) is 0. The zero-order valence-corrected chi connectivity index (χ0v) is 35.4. The first kappa shape index (κ1) is 41.3. The van der Waals surface area contributed by atoms with Crippen LogP contribution in [0, 0.1) is 0 Å². The van der Waals surface area contributed by atoms with Gasteiger partial charge in [-0.3, -0.25) is 0 Å². The molecule has 17 rings (SSSR count). The summed E-state index contributed by atoms with van der Waals surface area (Å²) in [5.41, 5.74) is 0.715. The molecule has 0 aromatic heterocycles. The molecule has 0 saturated carbocycles. The van der Waals surface area contributed by atoms with E-state index in [2.05, 4.69) is 0 Å². The number of fused-ring (bicyclic) bond motifs is 2. The molecule has 328 valence electrons. The van der Waals surface area contributed by atoms with Gasteiger partial charge in [-0.25, -0.2) is 28.8 Å². The van der Waals surface area contributed by atoms with Gasteiger partial charge in [-0.1, -0.05) is 109 Å². The molecule has 0 fully saturated rings. The first-order valence-corrected chi connectivity index (χ1v) is 21.3. The van der Waals surface area contributed by atoms with Gasteiger partial charge in [0.25, 0.3) is 0 Å². The van der Waals surface area contributed by atoms with Gasteiger partial charge in [0.1, 0.15) is 23.0 Å². The average molecular weight is 897 g/mol. The molecule has 0 atom stereocenters. The third-order valence-electron chi connectivity index (χ3n) is 12.2. The van der Waals surface area contributed by atoms with Gasteiger partial charge in [0.15, 0.2) is 11.2 Å². The van der Waals surface area contributed by atoms with Gasteiger partial charge < -0.3 is 28.4 Å². The third kappa shape index (κ3) is 6.78. The molecule has 9 aliphatic rings. The van der Waals surface area contributed by atoms with Gasteiger partial charge in [-0.2, -0.15) is 0 Å². The number of benzene rings is 8. The summed E-state index contributed by atoms with van der Waals surface area (Å²) in [6, 6.07) is 51.8. The fourth-order valence-electron chi connectivity index (χ4n) is 8.98. The van der Waals surface area contributed by atoms with Crippen LogP contribution in [-0.2, 0) is 20.7 Å². The number of esters is 6. The smallest absolute Gasteiger partial charge is 0.344 e. The van der Waals surface area contributed by atoms with E-state index >= 15 is 0 Å². The summed E-state index contributed by atoms with van der Waals surface area (Å²) in [4.78, 5) is 82.0. The van der Waals surface area contributed by atoms with Crippen LogP contribution >= 0.6 is 0 Å². The van der Waals surface area contributed by atoms with Crippen molar-refractivity contribution >= 4 is 35.8 Å². The van der Waals surface area contributed by atoms with Crippen molar-refractivity contribution in [3.05, 3.63) is 261 Å².